The second-order valence-electron chi connectivity index (χ2n) is 6.92. The highest BCUT2D eigenvalue weighted by Gasteiger charge is 2.27. The molecule has 1 aromatic heterocycles. The maximum absolute atomic E-state index is 12.6. The fraction of sp³-hybridized carbons (Fsp3) is 0.238. The lowest BCUT2D eigenvalue weighted by molar-refractivity contribution is 0.0954. The quantitative estimate of drug-likeness (QED) is 0.515. The Hall–Kier alpha value is -2.97. The standard InChI is InChI=1S/C21H21N3O4S/c1-15(20-14-17-6-2-3-7-19(17)28-20)22-23-21(25)16-8-10-18(11-9-16)29(26,27)24-12-4-5-13-24/h2-3,6-11,14H,4-5,12-13H2,1H3,(H,23,25)/b22-15-. The fourth-order valence-corrected chi connectivity index (χ4v) is 4.79. The van der Waals surface area contributed by atoms with E-state index in [0.717, 1.165) is 23.8 Å². The van der Waals surface area contributed by atoms with Gasteiger partial charge in [-0.05, 0) is 56.2 Å². The van der Waals surface area contributed by atoms with Crippen LogP contribution in [0.1, 0.15) is 35.9 Å². The minimum Gasteiger partial charge on any atom is -0.455 e. The summed E-state index contributed by atoms with van der Waals surface area (Å²) in [6, 6.07) is 15.4. The van der Waals surface area contributed by atoms with Crippen molar-refractivity contribution in [3.8, 4) is 0 Å². The van der Waals surface area contributed by atoms with Crippen LogP contribution in [0.25, 0.3) is 11.0 Å². The largest absolute Gasteiger partial charge is 0.455 e. The summed E-state index contributed by atoms with van der Waals surface area (Å²) in [6.45, 7) is 2.82. The van der Waals surface area contributed by atoms with Gasteiger partial charge in [0, 0.05) is 24.0 Å². The monoisotopic (exact) mass is 411 g/mol. The Labute approximate surface area is 169 Å². The number of furan rings is 1. The molecule has 1 aliphatic rings. The molecule has 150 valence electrons. The minimum atomic E-state index is -3.49. The molecule has 2 aromatic carbocycles. The first-order valence-electron chi connectivity index (χ1n) is 9.39. The van der Waals surface area contributed by atoms with Crippen molar-refractivity contribution in [2.24, 2.45) is 5.10 Å². The van der Waals surface area contributed by atoms with Crippen LogP contribution in [0.4, 0.5) is 0 Å². The smallest absolute Gasteiger partial charge is 0.271 e. The summed E-state index contributed by atoms with van der Waals surface area (Å²) < 4.78 is 32.3. The number of carbonyl (C=O) groups excluding carboxylic acids is 1. The van der Waals surface area contributed by atoms with Crippen molar-refractivity contribution in [2.75, 3.05) is 13.1 Å². The second-order valence-corrected chi connectivity index (χ2v) is 8.86. The van der Waals surface area contributed by atoms with Gasteiger partial charge in [-0.15, -0.1) is 0 Å². The van der Waals surface area contributed by atoms with Crippen molar-refractivity contribution in [2.45, 2.75) is 24.7 Å². The average Bonchev–Trinajstić information content (AvgIpc) is 3.42. The zero-order chi connectivity index (χ0) is 20.4. The Kier molecular flexibility index (Phi) is 5.21. The second kappa shape index (κ2) is 7.81. The highest BCUT2D eigenvalue weighted by molar-refractivity contribution is 7.89. The number of para-hydroxylation sites is 1. The number of nitrogens with zero attached hydrogens (tertiary/aromatic N) is 2. The number of hydrazone groups is 1. The Morgan fingerprint density at radius 1 is 1.07 bits per heavy atom. The van der Waals surface area contributed by atoms with Gasteiger partial charge in [0.15, 0.2) is 5.76 Å². The van der Waals surface area contributed by atoms with E-state index in [1.54, 1.807) is 6.92 Å². The topological polar surface area (TPSA) is 92.0 Å². The summed E-state index contributed by atoms with van der Waals surface area (Å²) in [7, 11) is -3.49. The van der Waals surface area contributed by atoms with Gasteiger partial charge in [-0.2, -0.15) is 9.41 Å². The van der Waals surface area contributed by atoms with Gasteiger partial charge in [0.2, 0.25) is 10.0 Å². The average molecular weight is 411 g/mol. The third-order valence-corrected chi connectivity index (χ3v) is 6.84. The van der Waals surface area contributed by atoms with E-state index in [9.17, 15) is 13.2 Å². The first-order valence-corrected chi connectivity index (χ1v) is 10.8. The molecule has 4 rings (SSSR count). The highest BCUT2D eigenvalue weighted by Crippen LogP contribution is 2.21. The van der Waals surface area contributed by atoms with Gasteiger partial charge >= 0.3 is 0 Å². The number of benzene rings is 2. The molecule has 8 heteroatoms. The predicted octanol–water partition coefficient (Wildman–Crippen LogP) is 3.37. The van der Waals surface area contributed by atoms with E-state index in [1.807, 2.05) is 30.3 Å². The summed E-state index contributed by atoms with van der Waals surface area (Å²) in [4.78, 5) is 12.6. The number of nitrogens with one attached hydrogen (secondary N) is 1. The summed E-state index contributed by atoms with van der Waals surface area (Å²) in [6.07, 6.45) is 1.75. The molecule has 1 fully saturated rings. The first kappa shape index (κ1) is 19.4. The van der Waals surface area contributed by atoms with Crippen LogP contribution in [0.5, 0.6) is 0 Å². The molecular weight excluding hydrogens is 390 g/mol. The van der Waals surface area contributed by atoms with Gasteiger partial charge in [-0.25, -0.2) is 13.8 Å². The molecule has 0 radical (unpaired) electrons. The molecule has 0 saturated carbocycles. The number of hydrogen-bond acceptors (Lipinski definition) is 5. The zero-order valence-electron chi connectivity index (χ0n) is 16.0. The lowest BCUT2D eigenvalue weighted by atomic mass is 10.2. The number of rotatable bonds is 5. The number of amides is 1. The summed E-state index contributed by atoms with van der Waals surface area (Å²) in [5.74, 6) is 0.143. The van der Waals surface area contributed by atoms with Crippen LogP contribution in [0.15, 0.2) is 69.0 Å². The fourth-order valence-electron chi connectivity index (χ4n) is 3.27. The van der Waals surface area contributed by atoms with Crippen LogP contribution >= 0.6 is 0 Å². The van der Waals surface area contributed by atoms with E-state index in [4.69, 9.17) is 4.42 Å². The van der Waals surface area contributed by atoms with E-state index in [-0.39, 0.29) is 4.90 Å². The molecule has 0 bridgehead atoms. The molecular formula is C21H21N3O4S. The predicted molar refractivity (Wildman–Crippen MR) is 110 cm³/mol. The van der Waals surface area contributed by atoms with Crippen molar-refractivity contribution in [1.29, 1.82) is 0 Å². The van der Waals surface area contributed by atoms with Crippen LogP contribution < -0.4 is 5.43 Å². The van der Waals surface area contributed by atoms with Crippen LogP contribution in [0, 0.1) is 0 Å². The van der Waals surface area contributed by atoms with Crippen molar-refractivity contribution >= 4 is 32.6 Å². The molecule has 29 heavy (non-hydrogen) atoms. The van der Waals surface area contributed by atoms with Gasteiger partial charge in [0.25, 0.3) is 5.91 Å². The Morgan fingerprint density at radius 2 is 1.76 bits per heavy atom. The van der Waals surface area contributed by atoms with Gasteiger partial charge in [-0.1, -0.05) is 18.2 Å². The number of carbonyl (C=O) groups is 1. The van der Waals surface area contributed by atoms with Crippen LogP contribution in [0.2, 0.25) is 0 Å². The normalized spacial score (nSPS) is 15.7. The third-order valence-electron chi connectivity index (χ3n) is 4.93. The minimum absolute atomic E-state index is 0.193. The molecule has 0 spiro atoms. The number of fused-ring (bicyclic) bond motifs is 1. The lowest BCUT2D eigenvalue weighted by Crippen LogP contribution is -2.28. The number of hydrogen-bond donors (Lipinski definition) is 1. The highest BCUT2D eigenvalue weighted by atomic mass is 32.2. The van der Waals surface area contributed by atoms with Gasteiger partial charge in [0.05, 0.1) is 4.90 Å². The maximum atomic E-state index is 12.6. The lowest BCUT2D eigenvalue weighted by Gasteiger charge is -2.15. The van der Waals surface area contributed by atoms with Crippen LogP contribution in [0.3, 0.4) is 0 Å². The molecule has 2 heterocycles. The van der Waals surface area contributed by atoms with E-state index in [0.29, 0.717) is 30.1 Å². The first-order chi connectivity index (χ1) is 13.9. The summed E-state index contributed by atoms with van der Waals surface area (Å²) >= 11 is 0. The van der Waals surface area contributed by atoms with Crippen molar-refractivity contribution in [3.05, 3.63) is 65.9 Å². The maximum Gasteiger partial charge on any atom is 0.271 e. The van der Waals surface area contributed by atoms with Crippen molar-refractivity contribution in [3.63, 3.8) is 0 Å². The van der Waals surface area contributed by atoms with Gasteiger partial charge in [0.1, 0.15) is 11.3 Å². The van der Waals surface area contributed by atoms with Crippen molar-refractivity contribution < 1.29 is 17.6 Å². The molecule has 3 aromatic rings. The van der Waals surface area contributed by atoms with E-state index >= 15 is 0 Å². The molecule has 0 aliphatic carbocycles. The van der Waals surface area contributed by atoms with Gasteiger partial charge in [-0.3, -0.25) is 4.79 Å². The molecule has 1 saturated heterocycles. The molecule has 1 amide bonds. The van der Waals surface area contributed by atoms with E-state index in [1.165, 1.54) is 28.6 Å². The van der Waals surface area contributed by atoms with E-state index < -0.39 is 15.9 Å². The molecule has 0 atom stereocenters. The van der Waals surface area contributed by atoms with Gasteiger partial charge < -0.3 is 4.42 Å². The summed E-state index contributed by atoms with van der Waals surface area (Å²) in [5, 5.41) is 5.05. The van der Waals surface area contributed by atoms with Crippen LogP contribution in [-0.4, -0.2) is 37.4 Å². The van der Waals surface area contributed by atoms with E-state index in [2.05, 4.69) is 10.5 Å². The number of sulfonamides is 1. The summed E-state index contributed by atoms with van der Waals surface area (Å²) in [5.41, 5.74) is 4.09. The Morgan fingerprint density at radius 3 is 2.45 bits per heavy atom. The molecule has 7 nitrogen and oxygen atoms in total. The molecule has 0 unspecified atom stereocenters. The SMILES string of the molecule is C/C(=N/NC(=O)c1ccc(S(=O)(=O)N2CCCC2)cc1)c1cc2ccccc2o1. The third kappa shape index (κ3) is 3.94. The zero-order valence-corrected chi connectivity index (χ0v) is 16.8. The van der Waals surface area contributed by atoms with Crippen LogP contribution in [-0.2, 0) is 10.0 Å². The molecule has 1 N–H and O–H groups in total. The Bertz CT molecular complexity index is 1140. The molecule has 1 aliphatic heterocycles. The van der Waals surface area contributed by atoms with Crippen molar-refractivity contribution in [1.82, 2.24) is 9.73 Å². The Balaban J connectivity index is 1.46.